The van der Waals surface area contributed by atoms with E-state index in [9.17, 15) is 5.11 Å². The summed E-state index contributed by atoms with van der Waals surface area (Å²) in [6.45, 7) is 0. The molecule has 1 N–H and O–H groups in total. The molecule has 0 aromatic heterocycles. The van der Waals surface area contributed by atoms with Crippen molar-refractivity contribution >= 4 is 5.69 Å². The Hall–Kier alpha value is -1.42. The van der Waals surface area contributed by atoms with Crippen LogP contribution < -0.4 is 0 Å². The lowest BCUT2D eigenvalue weighted by molar-refractivity contribution is 0.0325. The van der Waals surface area contributed by atoms with Gasteiger partial charge in [0.05, 0.1) is 23.9 Å². The standard InChI is InChI=1S/C13H17N3O/c17-13-8-11-6-7-12(9-13)16(11)15-14-10-4-2-1-3-5-10/h1-5,11-13,17H,6-9H2/t11-,12+,13?. The summed E-state index contributed by atoms with van der Waals surface area (Å²) in [5.74, 6) is 0. The Bertz CT molecular complexity index is 392. The second-order valence-electron chi connectivity index (χ2n) is 4.92. The molecule has 0 spiro atoms. The molecule has 0 aliphatic carbocycles. The second kappa shape index (κ2) is 4.45. The van der Waals surface area contributed by atoms with Crippen LogP contribution in [0.25, 0.3) is 0 Å². The number of nitrogens with zero attached hydrogens (tertiary/aromatic N) is 3. The fourth-order valence-electron chi connectivity index (χ4n) is 2.87. The molecule has 2 fully saturated rings. The predicted octanol–water partition coefficient (Wildman–Crippen LogP) is 2.67. The number of rotatable bonds is 2. The van der Waals surface area contributed by atoms with Gasteiger partial charge in [-0.15, -0.1) is 5.11 Å². The average molecular weight is 231 g/mol. The van der Waals surface area contributed by atoms with Crippen molar-refractivity contribution in [3.63, 3.8) is 0 Å². The molecular formula is C13H17N3O. The van der Waals surface area contributed by atoms with Gasteiger partial charge in [-0.25, -0.2) is 0 Å². The van der Waals surface area contributed by atoms with E-state index in [1.807, 2.05) is 30.3 Å². The zero-order valence-electron chi connectivity index (χ0n) is 9.74. The number of hydrogen-bond acceptors (Lipinski definition) is 3. The molecule has 4 nitrogen and oxygen atoms in total. The molecule has 0 saturated carbocycles. The van der Waals surface area contributed by atoms with Crippen LogP contribution in [0.1, 0.15) is 25.7 Å². The topological polar surface area (TPSA) is 48.2 Å². The second-order valence-corrected chi connectivity index (χ2v) is 4.92. The van der Waals surface area contributed by atoms with Gasteiger partial charge in [-0.05, 0) is 37.8 Å². The quantitative estimate of drug-likeness (QED) is 0.795. The van der Waals surface area contributed by atoms with Crippen molar-refractivity contribution < 1.29 is 5.11 Å². The third-order valence-corrected chi connectivity index (χ3v) is 3.69. The van der Waals surface area contributed by atoms with Gasteiger partial charge in [0.25, 0.3) is 0 Å². The maximum Gasteiger partial charge on any atom is 0.0874 e. The van der Waals surface area contributed by atoms with Crippen LogP contribution in [0.5, 0.6) is 0 Å². The van der Waals surface area contributed by atoms with E-state index < -0.39 is 0 Å². The van der Waals surface area contributed by atoms with Crippen LogP contribution >= 0.6 is 0 Å². The van der Waals surface area contributed by atoms with Crippen molar-refractivity contribution in [1.82, 2.24) is 5.01 Å². The summed E-state index contributed by atoms with van der Waals surface area (Å²) in [5, 5.41) is 20.4. The lowest BCUT2D eigenvalue weighted by Crippen LogP contribution is -2.41. The van der Waals surface area contributed by atoms with Gasteiger partial charge in [-0.3, -0.25) is 5.01 Å². The van der Waals surface area contributed by atoms with Crippen LogP contribution in [-0.2, 0) is 0 Å². The Morgan fingerprint density at radius 2 is 1.71 bits per heavy atom. The maximum absolute atomic E-state index is 9.69. The Morgan fingerprint density at radius 1 is 1.06 bits per heavy atom. The highest BCUT2D eigenvalue weighted by molar-refractivity contribution is 5.34. The highest BCUT2D eigenvalue weighted by Gasteiger charge is 2.40. The fraction of sp³-hybridized carbons (Fsp3) is 0.538. The van der Waals surface area contributed by atoms with E-state index in [4.69, 9.17) is 0 Å². The van der Waals surface area contributed by atoms with Crippen molar-refractivity contribution in [2.45, 2.75) is 43.9 Å². The summed E-state index contributed by atoms with van der Waals surface area (Å²) < 4.78 is 0. The molecule has 2 bridgehead atoms. The van der Waals surface area contributed by atoms with E-state index in [2.05, 4.69) is 15.3 Å². The molecule has 0 radical (unpaired) electrons. The number of aliphatic hydroxyl groups is 1. The smallest absolute Gasteiger partial charge is 0.0874 e. The third-order valence-electron chi connectivity index (χ3n) is 3.69. The number of piperidine rings is 1. The Labute approximate surface area is 101 Å². The van der Waals surface area contributed by atoms with Crippen LogP contribution in [0.4, 0.5) is 5.69 Å². The van der Waals surface area contributed by atoms with Gasteiger partial charge in [-0.2, -0.15) is 0 Å². The van der Waals surface area contributed by atoms with E-state index in [1.165, 1.54) is 0 Å². The molecule has 2 saturated heterocycles. The first kappa shape index (κ1) is 10.7. The molecule has 3 atom stereocenters. The monoisotopic (exact) mass is 231 g/mol. The van der Waals surface area contributed by atoms with Crippen LogP contribution in [0.15, 0.2) is 40.7 Å². The Balaban J connectivity index is 1.72. The van der Waals surface area contributed by atoms with Crippen LogP contribution in [-0.4, -0.2) is 28.3 Å². The van der Waals surface area contributed by atoms with E-state index in [1.54, 1.807) is 0 Å². The van der Waals surface area contributed by atoms with Gasteiger partial charge in [0.2, 0.25) is 0 Å². The zero-order valence-corrected chi connectivity index (χ0v) is 9.74. The molecule has 90 valence electrons. The molecule has 0 amide bonds. The highest BCUT2D eigenvalue weighted by atomic mass is 16.3. The lowest BCUT2D eigenvalue weighted by Gasteiger charge is -2.33. The summed E-state index contributed by atoms with van der Waals surface area (Å²) in [4.78, 5) is 0. The minimum atomic E-state index is -0.143. The third kappa shape index (κ3) is 2.17. The lowest BCUT2D eigenvalue weighted by atomic mass is 10.0. The molecule has 1 aromatic rings. The van der Waals surface area contributed by atoms with Crippen molar-refractivity contribution in [2.24, 2.45) is 10.3 Å². The van der Waals surface area contributed by atoms with Gasteiger partial charge in [0, 0.05) is 0 Å². The molecule has 2 aliphatic rings. The summed E-state index contributed by atoms with van der Waals surface area (Å²) >= 11 is 0. The van der Waals surface area contributed by atoms with Gasteiger partial charge >= 0.3 is 0 Å². The number of hydrogen-bond donors (Lipinski definition) is 1. The molecule has 3 rings (SSSR count). The zero-order chi connectivity index (χ0) is 11.7. The SMILES string of the molecule is OC1C[C@H]2CC[C@@H](C1)N2N=Nc1ccccc1. The largest absolute Gasteiger partial charge is 0.393 e. The summed E-state index contributed by atoms with van der Waals surface area (Å²) in [7, 11) is 0. The summed E-state index contributed by atoms with van der Waals surface area (Å²) in [5.41, 5.74) is 0.887. The normalized spacial score (nSPS) is 32.3. The van der Waals surface area contributed by atoms with Gasteiger partial charge in [0.1, 0.15) is 0 Å². The van der Waals surface area contributed by atoms with E-state index >= 15 is 0 Å². The predicted molar refractivity (Wildman–Crippen MR) is 64.8 cm³/mol. The molecule has 1 unspecified atom stereocenters. The fourth-order valence-corrected chi connectivity index (χ4v) is 2.87. The number of fused-ring (bicyclic) bond motifs is 2. The maximum atomic E-state index is 9.69. The molecule has 1 aromatic carbocycles. The van der Waals surface area contributed by atoms with Gasteiger partial charge in [-0.1, -0.05) is 23.4 Å². The highest BCUT2D eigenvalue weighted by Crippen LogP contribution is 2.36. The molecular weight excluding hydrogens is 214 g/mol. The van der Waals surface area contributed by atoms with E-state index in [0.29, 0.717) is 12.1 Å². The van der Waals surface area contributed by atoms with Crippen molar-refractivity contribution in [2.75, 3.05) is 0 Å². The van der Waals surface area contributed by atoms with Crippen LogP contribution in [0, 0.1) is 0 Å². The van der Waals surface area contributed by atoms with E-state index in [-0.39, 0.29) is 6.10 Å². The molecule has 2 heterocycles. The van der Waals surface area contributed by atoms with Crippen LogP contribution in [0.3, 0.4) is 0 Å². The molecule has 4 heteroatoms. The minimum Gasteiger partial charge on any atom is -0.393 e. The van der Waals surface area contributed by atoms with Gasteiger partial charge in [0.15, 0.2) is 0 Å². The minimum absolute atomic E-state index is 0.143. The summed E-state index contributed by atoms with van der Waals surface area (Å²) in [6.07, 6.45) is 3.80. The molecule has 17 heavy (non-hydrogen) atoms. The Morgan fingerprint density at radius 3 is 2.35 bits per heavy atom. The number of benzene rings is 1. The van der Waals surface area contributed by atoms with Crippen LogP contribution in [0.2, 0.25) is 0 Å². The number of aliphatic hydroxyl groups excluding tert-OH is 1. The van der Waals surface area contributed by atoms with Crippen molar-refractivity contribution in [3.8, 4) is 0 Å². The molecule has 2 aliphatic heterocycles. The first-order chi connectivity index (χ1) is 8.33. The van der Waals surface area contributed by atoms with E-state index in [0.717, 1.165) is 31.4 Å². The Kier molecular flexibility index (Phi) is 2.81. The first-order valence-corrected chi connectivity index (χ1v) is 6.26. The summed E-state index contributed by atoms with van der Waals surface area (Å²) in [6, 6.07) is 10.6. The van der Waals surface area contributed by atoms with Gasteiger partial charge < -0.3 is 5.11 Å². The first-order valence-electron chi connectivity index (χ1n) is 6.26. The van der Waals surface area contributed by atoms with Crippen molar-refractivity contribution in [1.29, 1.82) is 0 Å². The van der Waals surface area contributed by atoms with Crippen molar-refractivity contribution in [3.05, 3.63) is 30.3 Å². The average Bonchev–Trinajstić information content (AvgIpc) is 2.59.